The Labute approximate surface area is 84.9 Å². The van der Waals surface area contributed by atoms with Gasteiger partial charge in [0.15, 0.2) is 5.37 Å². The van der Waals surface area contributed by atoms with Gasteiger partial charge in [0.25, 0.3) is 0 Å². The predicted octanol–water partition coefficient (Wildman–Crippen LogP) is 1.01. The summed E-state index contributed by atoms with van der Waals surface area (Å²) in [7, 11) is 0. The van der Waals surface area contributed by atoms with Gasteiger partial charge in [-0.25, -0.2) is 0 Å². The van der Waals surface area contributed by atoms with Crippen LogP contribution in [-0.4, -0.2) is 11.9 Å². The summed E-state index contributed by atoms with van der Waals surface area (Å²) in [5.74, 6) is 0. The molecule has 1 rings (SSSR count). The Morgan fingerprint density at radius 1 is 1.46 bits per heavy atom. The number of aryl methyl sites for hydroxylation is 2. The number of rotatable bonds is 3. The minimum atomic E-state index is 0.139. The van der Waals surface area contributed by atoms with Crippen LogP contribution < -0.4 is 11.1 Å². The summed E-state index contributed by atoms with van der Waals surface area (Å²) in [4.78, 5) is 0. The summed E-state index contributed by atoms with van der Waals surface area (Å²) in [6, 6.07) is 6.33. The van der Waals surface area contributed by atoms with E-state index >= 15 is 0 Å². The van der Waals surface area contributed by atoms with Crippen molar-refractivity contribution in [1.29, 1.82) is 0 Å². The molecule has 0 saturated heterocycles. The van der Waals surface area contributed by atoms with Gasteiger partial charge >= 0.3 is 0 Å². The zero-order valence-corrected chi connectivity index (χ0v) is 9.09. The van der Waals surface area contributed by atoms with Crippen molar-refractivity contribution in [2.24, 2.45) is 5.73 Å². The van der Waals surface area contributed by atoms with Gasteiger partial charge in [0.05, 0.1) is 6.54 Å². The van der Waals surface area contributed by atoms with Gasteiger partial charge in [-0.05, 0) is 43.7 Å². The Balaban J connectivity index is 2.81. The Kier molecular flexibility index (Phi) is 3.63. The molecule has 3 N–H and O–H groups in total. The summed E-state index contributed by atoms with van der Waals surface area (Å²) in [6.45, 7) is 4.73. The van der Waals surface area contributed by atoms with Crippen LogP contribution in [0.15, 0.2) is 18.2 Å². The van der Waals surface area contributed by atoms with Crippen LogP contribution in [0.25, 0.3) is 0 Å². The van der Waals surface area contributed by atoms with E-state index in [4.69, 9.17) is 5.73 Å². The molecule has 0 aliphatic heterocycles. The second-order valence-electron chi connectivity index (χ2n) is 3.25. The molecule has 0 spiro atoms. The molecule has 0 amide bonds. The van der Waals surface area contributed by atoms with Crippen molar-refractivity contribution in [3.8, 4) is 0 Å². The van der Waals surface area contributed by atoms with E-state index < -0.39 is 0 Å². The molecule has 0 aromatic heterocycles. The highest BCUT2D eigenvalue weighted by molar-refractivity contribution is 7.59. The van der Waals surface area contributed by atoms with E-state index in [1.807, 2.05) is 0 Å². The molecule has 0 fully saturated rings. The van der Waals surface area contributed by atoms with Crippen LogP contribution in [-0.2, 0) is 12.6 Å². The van der Waals surface area contributed by atoms with Crippen molar-refractivity contribution in [3.63, 3.8) is 0 Å². The monoisotopic (exact) mass is 197 g/mol. The SMILES string of the molecule is Cc1ccc(C)c(NC([SH2+])CN)c1. The third-order valence-corrected chi connectivity index (χ3v) is 2.34. The van der Waals surface area contributed by atoms with Crippen molar-refractivity contribution >= 4 is 18.3 Å². The average Bonchev–Trinajstić information content (AvgIpc) is 2.11. The van der Waals surface area contributed by atoms with Gasteiger partial charge in [-0.3, -0.25) is 0 Å². The fraction of sp³-hybridized carbons (Fsp3) is 0.400. The molecule has 1 aromatic carbocycles. The van der Waals surface area contributed by atoms with Gasteiger partial charge in [-0.15, -0.1) is 0 Å². The van der Waals surface area contributed by atoms with Crippen LogP contribution in [0.1, 0.15) is 11.1 Å². The molecular weight excluding hydrogens is 180 g/mol. The maximum absolute atomic E-state index is 5.50. The molecule has 0 aliphatic carbocycles. The standard InChI is InChI=1S/C10H16N2S/c1-7-3-4-8(2)9(5-7)12-10(13)6-11/h3-5,10,12-13H,6,11H2,1-2H3/p+1. The molecular formula is C10H17N2S+. The van der Waals surface area contributed by atoms with Crippen LogP contribution in [0.5, 0.6) is 0 Å². The molecule has 1 unspecified atom stereocenters. The lowest BCUT2D eigenvalue weighted by molar-refractivity contribution is 0.966. The average molecular weight is 197 g/mol. The number of nitrogens with two attached hydrogens (primary N) is 1. The molecule has 0 bridgehead atoms. The summed E-state index contributed by atoms with van der Waals surface area (Å²) in [6.07, 6.45) is 0. The third kappa shape index (κ3) is 2.94. The van der Waals surface area contributed by atoms with Gasteiger partial charge < -0.3 is 11.1 Å². The molecule has 2 nitrogen and oxygen atoms in total. The van der Waals surface area contributed by atoms with Gasteiger partial charge in [0.1, 0.15) is 0 Å². The number of anilines is 1. The Bertz CT molecular complexity index is 286. The minimum absolute atomic E-state index is 0.139. The molecule has 0 radical (unpaired) electrons. The number of nitrogens with one attached hydrogen (secondary N) is 1. The van der Waals surface area contributed by atoms with Crippen LogP contribution in [0.4, 0.5) is 5.69 Å². The minimum Gasteiger partial charge on any atom is -0.340 e. The number of hydrogen-bond donors (Lipinski definition) is 2. The van der Waals surface area contributed by atoms with Gasteiger partial charge in [0.2, 0.25) is 0 Å². The third-order valence-electron chi connectivity index (χ3n) is 1.96. The normalized spacial score (nSPS) is 12.6. The summed E-state index contributed by atoms with van der Waals surface area (Å²) < 4.78 is 0. The van der Waals surface area contributed by atoms with E-state index in [1.165, 1.54) is 11.1 Å². The largest absolute Gasteiger partial charge is 0.340 e. The molecule has 1 atom stereocenters. The Morgan fingerprint density at radius 3 is 2.77 bits per heavy atom. The zero-order valence-electron chi connectivity index (χ0n) is 8.09. The maximum Gasteiger partial charge on any atom is 0.196 e. The van der Waals surface area contributed by atoms with Gasteiger partial charge in [0, 0.05) is 5.69 Å². The smallest absolute Gasteiger partial charge is 0.196 e. The van der Waals surface area contributed by atoms with Gasteiger partial charge in [-0.2, -0.15) is 0 Å². The summed E-state index contributed by atoms with van der Waals surface area (Å²) in [5.41, 5.74) is 9.13. The van der Waals surface area contributed by atoms with E-state index in [1.54, 1.807) is 0 Å². The first kappa shape index (κ1) is 10.4. The lowest BCUT2D eigenvalue weighted by atomic mass is 10.1. The number of hydrogen-bond acceptors (Lipinski definition) is 2. The summed E-state index contributed by atoms with van der Waals surface area (Å²) >= 11 is 3.49. The highest BCUT2D eigenvalue weighted by Gasteiger charge is 2.06. The second-order valence-corrected chi connectivity index (χ2v) is 3.95. The second kappa shape index (κ2) is 4.53. The fourth-order valence-corrected chi connectivity index (χ4v) is 1.29. The highest BCUT2D eigenvalue weighted by Crippen LogP contribution is 2.16. The predicted molar refractivity (Wildman–Crippen MR) is 62.5 cm³/mol. The molecule has 1 aromatic rings. The van der Waals surface area contributed by atoms with E-state index in [0.717, 1.165) is 5.69 Å². The first-order valence-electron chi connectivity index (χ1n) is 4.38. The molecule has 3 heteroatoms. The van der Waals surface area contributed by atoms with Crippen LogP contribution >= 0.6 is 0 Å². The molecule has 13 heavy (non-hydrogen) atoms. The van der Waals surface area contributed by atoms with E-state index in [2.05, 4.69) is 50.0 Å². The molecule has 0 saturated carbocycles. The van der Waals surface area contributed by atoms with Crippen LogP contribution in [0.3, 0.4) is 0 Å². The van der Waals surface area contributed by atoms with Crippen molar-refractivity contribution < 1.29 is 0 Å². The van der Waals surface area contributed by atoms with Crippen molar-refractivity contribution in [3.05, 3.63) is 29.3 Å². The lowest BCUT2D eigenvalue weighted by Gasteiger charge is -2.11. The maximum atomic E-state index is 5.50. The first-order valence-corrected chi connectivity index (χ1v) is 4.96. The molecule has 0 aliphatic rings. The molecule has 72 valence electrons. The van der Waals surface area contributed by atoms with E-state index in [-0.39, 0.29) is 5.37 Å². The van der Waals surface area contributed by atoms with Gasteiger partial charge in [-0.1, -0.05) is 12.1 Å². The lowest BCUT2D eigenvalue weighted by Crippen LogP contribution is -2.26. The van der Waals surface area contributed by atoms with Crippen LogP contribution in [0, 0.1) is 13.8 Å². The number of benzene rings is 1. The Hall–Kier alpha value is -0.670. The van der Waals surface area contributed by atoms with E-state index in [9.17, 15) is 0 Å². The summed E-state index contributed by atoms with van der Waals surface area (Å²) in [5, 5.41) is 3.43. The highest BCUT2D eigenvalue weighted by atomic mass is 32.1. The van der Waals surface area contributed by atoms with Crippen molar-refractivity contribution in [1.82, 2.24) is 0 Å². The van der Waals surface area contributed by atoms with Crippen molar-refractivity contribution in [2.75, 3.05) is 11.9 Å². The molecule has 0 heterocycles. The quantitative estimate of drug-likeness (QED) is 0.710. The van der Waals surface area contributed by atoms with Crippen LogP contribution in [0.2, 0.25) is 0 Å². The Morgan fingerprint density at radius 2 is 2.15 bits per heavy atom. The first-order chi connectivity index (χ1) is 6.13. The van der Waals surface area contributed by atoms with E-state index in [0.29, 0.717) is 6.54 Å². The van der Waals surface area contributed by atoms with Crippen molar-refractivity contribution in [2.45, 2.75) is 19.2 Å². The topological polar surface area (TPSA) is 38.0 Å². The zero-order chi connectivity index (χ0) is 9.84. The fourth-order valence-electron chi connectivity index (χ4n) is 1.14.